The van der Waals surface area contributed by atoms with E-state index in [-0.39, 0.29) is 6.03 Å². The fourth-order valence-electron chi connectivity index (χ4n) is 3.65. The molecule has 0 unspecified atom stereocenters. The van der Waals surface area contributed by atoms with Crippen molar-refractivity contribution in [1.82, 2.24) is 14.9 Å². The van der Waals surface area contributed by atoms with Crippen LogP contribution in [-0.2, 0) is 21.6 Å². The predicted molar refractivity (Wildman–Crippen MR) is 172 cm³/mol. The Balaban J connectivity index is 0.000000774. The van der Waals surface area contributed by atoms with Crippen LogP contribution in [0.15, 0.2) is 47.4 Å². The number of anilines is 2. The number of benzene rings is 2. The van der Waals surface area contributed by atoms with Crippen LogP contribution in [0.25, 0.3) is 11.0 Å². The number of aryl methyl sites for hydroxylation is 1. The molecule has 2 aromatic carbocycles. The van der Waals surface area contributed by atoms with Gasteiger partial charge in [0, 0.05) is 56.7 Å². The van der Waals surface area contributed by atoms with Crippen LogP contribution in [0.3, 0.4) is 0 Å². The van der Waals surface area contributed by atoms with Crippen LogP contribution >= 0.6 is 11.9 Å². The Labute approximate surface area is 246 Å². The number of carbonyl (C=O) groups is 1. The highest BCUT2D eigenvalue weighted by Crippen LogP contribution is 2.33. The Morgan fingerprint density at radius 2 is 1.70 bits per heavy atom. The van der Waals surface area contributed by atoms with Gasteiger partial charge in [-0.15, -0.1) is 0 Å². The fourth-order valence-corrected chi connectivity index (χ4v) is 4.51. The second-order valence-electron chi connectivity index (χ2n) is 9.49. The smallest absolute Gasteiger partial charge is 0.318 e. The van der Waals surface area contributed by atoms with Crippen LogP contribution in [-0.4, -0.2) is 49.5 Å². The van der Waals surface area contributed by atoms with Crippen molar-refractivity contribution in [2.75, 3.05) is 43.5 Å². The number of aromatic nitrogens is 2. The van der Waals surface area contributed by atoms with E-state index < -0.39 is 5.60 Å². The summed E-state index contributed by atoms with van der Waals surface area (Å²) in [6, 6.07) is 14.0. The molecule has 3 rings (SSSR count). The Morgan fingerprint density at radius 3 is 2.17 bits per heavy atom. The average molecular weight is 574 g/mol. The third-order valence-electron chi connectivity index (χ3n) is 5.78. The molecule has 40 heavy (non-hydrogen) atoms. The van der Waals surface area contributed by atoms with E-state index in [2.05, 4.69) is 72.3 Å². The van der Waals surface area contributed by atoms with E-state index in [9.17, 15) is 4.79 Å². The SMILES string of the molecule is CCC.CCCOCC.CCN(Sc1ccc(NC(=O)NC)cc1)c1ccc2c(c1)nc(C(C)(C)OC)n2CC. The summed E-state index contributed by atoms with van der Waals surface area (Å²) in [7, 11) is 3.31. The minimum Gasteiger partial charge on any atom is -0.382 e. The maximum Gasteiger partial charge on any atom is 0.318 e. The number of nitrogens with one attached hydrogen (secondary N) is 2. The van der Waals surface area contributed by atoms with Gasteiger partial charge in [0.2, 0.25) is 0 Å². The van der Waals surface area contributed by atoms with Crippen molar-refractivity contribution >= 4 is 40.4 Å². The number of ether oxygens (including phenoxy) is 2. The molecule has 0 aliphatic rings. The summed E-state index contributed by atoms with van der Waals surface area (Å²) in [4.78, 5) is 17.5. The first-order chi connectivity index (χ1) is 19.1. The Hall–Kier alpha value is -2.75. The molecule has 0 fully saturated rings. The van der Waals surface area contributed by atoms with Gasteiger partial charge in [0.1, 0.15) is 11.4 Å². The summed E-state index contributed by atoms with van der Waals surface area (Å²) in [5, 5.41) is 5.32. The molecule has 0 aliphatic heterocycles. The molecule has 0 aliphatic carbocycles. The Bertz CT molecular complexity index is 1130. The maximum atomic E-state index is 11.5. The standard InChI is InChI=1S/C23H31N5O2S.C5H12O.C3H8/c1-7-27-20-14-11-17(15-19(20)26-21(27)23(3,4)30-6)28(8-2)31-18-12-9-16(10-13-18)25-22(29)24-5;1-3-5-6-4-2;1-3-2/h9-15H,7-8H2,1-6H3,(H2,24,25,29);3-5H2,1-2H3;3H2,1-2H3. The summed E-state index contributed by atoms with van der Waals surface area (Å²) in [5.41, 5.74) is 3.46. The fraction of sp³-hybridized carbons (Fsp3) is 0.548. The second-order valence-corrected chi connectivity index (χ2v) is 10.6. The van der Waals surface area contributed by atoms with E-state index in [1.54, 1.807) is 26.1 Å². The number of urea groups is 1. The first-order valence-corrected chi connectivity index (χ1v) is 15.1. The van der Waals surface area contributed by atoms with Crippen molar-refractivity contribution in [3.05, 3.63) is 48.3 Å². The van der Waals surface area contributed by atoms with E-state index in [4.69, 9.17) is 14.5 Å². The minimum absolute atomic E-state index is 0.230. The molecule has 0 atom stereocenters. The molecule has 1 aromatic heterocycles. The predicted octanol–water partition coefficient (Wildman–Crippen LogP) is 8.07. The molecule has 0 saturated heterocycles. The molecule has 0 spiro atoms. The van der Waals surface area contributed by atoms with Crippen LogP contribution in [0.4, 0.5) is 16.2 Å². The summed E-state index contributed by atoms with van der Waals surface area (Å²) in [5.74, 6) is 0.930. The first kappa shape index (κ1) is 35.3. The van der Waals surface area contributed by atoms with E-state index >= 15 is 0 Å². The number of hydrogen-bond donors (Lipinski definition) is 2. The van der Waals surface area contributed by atoms with Crippen molar-refractivity contribution in [1.29, 1.82) is 0 Å². The lowest BCUT2D eigenvalue weighted by molar-refractivity contribution is 0.00907. The lowest BCUT2D eigenvalue weighted by Gasteiger charge is -2.23. The lowest BCUT2D eigenvalue weighted by Crippen LogP contribution is -2.24. The van der Waals surface area contributed by atoms with Crippen LogP contribution in [0, 0.1) is 0 Å². The number of methoxy groups -OCH3 is 1. The molecule has 224 valence electrons. The molecule has 0 radical (unpaired) electrons. The van der Waals surface area contributed by atoms with Gasteiger partial charge in [0.05, 0.1) is 11.0 Å². The molecule has 8 nitrogen and oxygen atoms in total. The zero-order chi connectivity index (χ0) is 30.1. The number of nitrogens with zero attached hydrogens (tertiary/aromatic N) is 3. The highest BCUT2D eigenvalue weighted by atomic mass is 32.2. The van der Waals surface area contributed by atoms with Crippen LogP contribution in [0.2, 0.25) is 0 Å². The highest BCUT2D eigenvalue weighted by molar-refractivity contribution is 8.00. The number of imidazole rings is 1. The van der Waals surface area contributed by atoms with Gasteiger partial charge < -0.3 is 29.0 Å². The van der Waals surface area contributed by atoms with E-state index in [1.807, 2.05) is 45.0 Å². The maximum absolute atomic E-state index is 11.5. The van der Waals surface area contributed by atoms with Crippen molar-refractivity contribution in [3.8, 4) is 0 Å². The van der Waals surface area contributed by atoms with Crippen molar-refractivity contribution < 1.29 is 14.3 Å². The zero-order valence-electron chi connectivity index (χ0n) is 26.3. The van der Waals surface area contributed by atoms with Gasteiger partial charge in [0.15, 0.2) is 0 Å². The highest BCUT2D eigenvalue weighted by Gasteiger charge is 2.27. The number of carbonyl (C=O) groups excluding carboxylic acids is 1. The van der Waals surface area contributed by atoms with Crippen molar-refractivity contribution in [2.24, 2.45) is 0 Å². The molecule has 0 bridgehead atoms. The van der Waals surface area contributed by atoms with Crippen LogP contribution in [0.1, 0.15) is 74.1 Å². The van der Waals surface area contributed by atoms with Crippen LogP contribution < -0.4 is 14.9 Å². The van der Waals surface area contributed by atoms with Crippen molar-refractivity contribution in [3.63, 3.8) is 0 Å². The molecule has 9 heteroatoms. The third kappa shape index (κ3) is 10.7. The Kier molecular flexibility index (Phi) is 16.4. The second kappa shape index (κ2) is 18.6. The number of fused-ring (bicyclic) bond motifs is 1. The van der Waals surface area contributed by atoms with Gasteiger partial charge >= 0.3 is 6.03 Å². The van der Waals surface area contributed by atoms with Gasteiger partial charge in [-0.2, -0.15) is 0 Å². The van der Waals surface area contributed by atoms with Gasteiger partial charge in [-0.1, -0.05) is 27.2 Å². The lowest BCUT2D eigenvalue weighted by atomic mass is 10.1. The number of amides is 2. The minimum atomic E-state index is -0.459. The molecular weight excluding hydrogens is 522 g/mol. The first-order valence-electron chi connectivity index (χ1n) is 14.3. The molecular formula is C31H51N5O3S. The number of rotatable bonds is 11. The third-order valence-corrected chi connectivity index (χ3v) is 6.95. The van der Waals surface area contributed by atoms with Crippen LogP contribution in [0.5, 0.6) is 0 Å². The normalized spacial score (nSPS) is 10.8. The van der Waals surface area contributed by atoms with Crippen molar-refractivity contribution in [2.45, 2.75) is 85.3 Å². The summed E-state index contributed by atoms with van der Waals surface area (Å²) >= 11 is 1.66. The van der Waals surface area contributed by atoms with E-state index in [1.165, 1.54) is 6.42 Å². The molecule has 2 amide bonds. The molecule has 2 N–H and O–H groups in total. The summed E-state index contributed by atoms with van der Waals surface area (Å²) in [6.07, 6.45) is 2.38. The van der Waals surface area contributed by atoms with Gasteiger partial charge in [-0.05, 0) is 95.5 Å². The molecule has 1 heterocycles. The quantitative estimate of drug-likeness (QED) is 0.178. The van der Waals surface area contributed by atoms with Gasteiger partial charge in [0.25, 0.3) is 0 Å². The van der Waals surface area contributed by atoms with Gasteiger partial charge in [-0.25, -0.2) is 9.78 Å². The molecule has 3 aromatic rings. The topological polar surface area (TPSA) is 80.7 Å². The number of hydrogen-bond acceptors (Lipinski definition) is 6. The van der Waals surface area contributed by atoms with E-state index in [0.717, 1.165) is 65.9 Å². The van der Waals surface area contributed by atoms with Gasteiger partial charge in [-0.3, -0.25) is 0 Å². The Morgan fingerprint density at radius 1 is 1.05 bits per heavy atom. The summed E-state index contributed by atoms with van der Waals surface area (Å²) < 4.78 is 15.1. The molecule has 0 saturated carbocycles. The summed E-state index contributed by atoms with van der Waals surface area (Å²) in [6.45, 7) is 20.1. The van der Waals surface area contributed by atoms with E-state index in [0.29, 0.717) is 0 Å². The average Bonchev–Trinajstić information content (AvgIpc) is 3.35. The zero-order valence-corrected chi connectivity index (χ0v) is 27.1. The monoisotopic (exact) mass is 573 g/mol. The largest absolute Gasteiger partial charge is 0.382 e.